The molecule has 1 aromatic rings. The summed E-state index contributed by atoms with van der Waals surface area (Å²) < 4.78 is 11.1. The van der Waals surface area contributed by atoms with Gasteiger partial charge in [0.05, 0.1) is 17.6 Å². The first-order chi connectivity index (χ1) is 11.1. The average Bonchev–Trinajstić information content (AvgIpc) is 2.45. The number of carbonyl (C=O) groups excluding carboxylic acids is 2. The highest BCUT2D eigenvalue weighted by Crippen LogP contribution is 2.27. The predicted molar refractivity (Wildman–Crippen MR) is 96.1 cm³/mol. The Bertz CT molecular complexity index is 584. The van der Waals surface area contributed by atoms with E-state index in [9.17, 15) is 9.59 Å². The third-order valence-electron chi connectivity index (χ3n) is 3.07. The lowest BCUT2D eigenvalue weighted by atomic mass is 10.1. The first-order valence-electron chi connectivity index (χ1n) is 7.72. The average molecular weight is 401 g/mol. The topological polar surface area (TPSA) is 76.7 Å². The van der Waals surface area contributed by atoms with Crippen LogP contribution in [0.1, 0.15) is 45.7 Å². The lowest BCUT2D eigenvalue weighted by Gasteiger charge is -2.20. The van der Waals surface area contributed by atoms with Crippen LogP contribution in [0.2, 0.25) is 0 Å². The Morgan fingerprint density at radius 2 is 1.96 bits per heavy atom. The summed E-state index contributed by atoms with van der Waals surface area (Å²) in [4.78, 5) is 23.5. The van der Waals surface area contributed by atoms with E-state index in [0.717, 1.165) is 15.8 Å². The maximum Gasteiger partial charge on any atom is 0.407 e. The molecule has 6 nitrogen and oxygen atoms in total. The SMILES string of the molecule is COc1ccc(C(C)NC(=O)CCNC(=O)OC(C)(C)C)cc1Br. The number of halogens is 1. The van der Waals surface area contributed by atoms with E-state index in [2.05, 4.69) is 26.6 Å². The first kappa shape index (κ1) is 20.3. The molecule has 0 heterocycles. The molecule has 0 radical (unpaired) electrons. The molecule has 2 amide bonds. The van der Waals surface area contributed by atoms with Gasteiger partial charge in [-0.1, -0.05) is 6.07 Å². The molecule has 0 spiro atoms. The van der Waals surface area contributed by atoms with Crippen molar-refractivity contribution in [3.05, 3.63) is 28.2 Å². The Kier molecular flexibility index (Phi) is 7.54. The monoisotopic (exact) mass is 400 g/mol. The fourth-order valence-corrected chi connectivity index (χ4v) is 2.50. The summed E-state index contributed by atoms with van der Waals surface area (Å²) in [6.07, 6.45) is -0.344. The van der Waals surface area contributed by atoms with Crippen LogP contribution in [0.25, 0.3) is 0 Å². The van der Waals surface area contributed by atoms with E-state index in [0.29, 0.717) is 0 Å². The Labute approximate surface area is 151 Å². The van der Waals surface area contributed by atoms with Gasteiger partial charge < -0.3 is 20.1 Å². The zero-order chi connectivity index (χ0) is 18.3. The van der Waals surface area contributed by atoms with E-state index in [4.69, 9.17) is 9.47 Å². The Balaban J connectivity index is 2.42. The van der Waals surface area contributed by atoms with Gasteiger partial charge in [0.1, 0.15) is 11.4 Å². The molecule has 0 aromatic heterocycles. The van der Waals surface area contributed by atoms with Gasteiger partial charge in [-0.05, 0) is 61.3 Å². The molecule has 7 heteroatoms. The lowest BCUT2D eigenvalue weighted by Crippen LogP contribution is -2.35. The van der Waals surface area contributed by atoms with Gasteiger partial charge in [-0.3, -0.25) is 4.79 Å². The molecule has 0 aliphatic rings. The Morgan fingerprint density at radius 3 is 2.50 bits per heavy atom. The van der Waals surface area contributed by atoms with Crippen LogP contribution < -0.4 is 15.4 Å². The molecule has 24 heavy (non-hydrogen) atoms. The van der Waals surface area contributed by atoms with Crippen LogP contribution in [0.4, 0.5) is 4.79 Å². The zero-order valence-corrected chi connectivity index (χ0v) is 16.3. The molecule has 1 aromatic carbocycles. The lowest BCUT2D eigenvalue weighted by molar-refractivity contribution is -0.121. The summed E-state index contributed by atoms with van der Waals surface area (Å²) in [6, 6.07) is 5.49. The number of benzene rings is 1. The van der Waals surface area contributed by atoms with E-state index in [1.54, 1.807) is 27.9 Å². The van der Waals surface area contributed by atoms with E-state index in [1.807, 2.05) is 25.1 Å². The van der Waals surface area contributed by atoms with Gasteiger partial charge in [0.25, 0.3) is 0 Å². The molecule has 1 atom stereocenters. The van der Waals surface area contributed by atoms with Crippen molar-refractivity contribution in [2.45, 2.75) is 45.8 Å². The largest absolute Gasteiger partial charge is 0.496 e. The molecule has 0 saturated carbocycles. The number of hydrogen-bond acceptors (Lipinski definition) is 4. The van der Waals surface area contributed by atoms with E-state index < -0.39 is 11.7 Å². The maximum absolute atomic E-state index is 12.0. The van der Waals surface area contributed by atoms with Crippen molar-refractivity contribution in [1.29, 1.82) is 0 Å². The van der Waals surface area contributed by atoms with Crippen molar-refractivity contribution in [1.82, 2.24) is 10.6 Å². The van der Waals surface area contributed by atoms with Gasteiger partial charge in [-0.15, -0.1) is 0 Å². The number of amides is 2. The summed E-state index contributed by atoms with van der Waals surface area (Å²) in [7, 11) is 1.60. The number of rotatable bonds is 6. The number of hydrogen-bond donors (Lipinski definition) is 2. The molecule has 0 aliphatic heterocycles. The molecular weight excluding hydrogens is 376 g/mol. The molecule has 1 rings (SSSR count). The normalized spacial score (nSPS) is 12.2. The molecule has 2 N–H and O–H groups in total. The second kappa shape index (κ2) is 8.92. The summed E-state index contributed by atoms with van der Waals surface area (Å²) in [5.74, 6) is 0.587. The van der Waals surface area contributed by atoms with Crippen molar-refractivity contribution in [3.63, 3.8) is 0 Å². The van der Waals surface area contributed by atoms with Crippen molar-refractivity contribution < 1.29 is 19.1 Å². The molecule has 0 aliphatic carbocycles. The van der Waals surface area contributed by atoms with E-state index in [-0.39, 0.29) is 24.9 Å². The zero-order valence-electron chi connectivity index (χ0n) is 14.7. The number of alkyl carbamates (subject to hydrolysis) is 1. The van der Waals surface area contributed by atoms with Gasteiger partial charge in [0.15, 0.2) is 0 Å². The van der Waals surface area contributed by atoms with Crippen molar-refractivity contribution in [3.8, 4) is 5.75 Å². The first-order valence-corrected chi connectivity index (χ1v) is 8.51. The highest BCUT2D eigenvalue weighted by molar-refractivity contribution is 9.10. The number of carbonyl (C=O) groups is 2. The van der Waals surface area contributed by atoms with E-state index >= 15 is 0 Å². The summed E-state index contributed by atoms with van der Waals surface area (Å²) in [6.45, 7) is 7.48. The quantitative estimate of drug-likeness (QED) is 0.765. The second-order valence-corrected chi connectivity index (χ2v) is 7.22. The highest BCUT2D eigenvalue weighted by atomic mass is 79.9. The van der Waals surface area contributed by atoms with Crippen LogP contribution in [0.5, 0.6) is 5.75 Å². The van der Waals surface area contributed by atoms with Gasteiger partial charge in [-0.25, -0.2) is 4.79 Å². The standard InChI is InChI=1S/C17H25BrN2O4/c1-11(12-6-7-14(23-5)13(18)10-12)20-15(21)8-9-19-16(22)24-17(2,3)4/h6-7,10-11H,8-9H2,1-5H3,(H,19,22)(H,20,21). The van der Waals surface area contributed by atoms with Crippen LogP contribution in [-0.2, 0) is 9.53 Å². The van der Waals surface area contributed by atoms with E-state index in [1.165, 1.54) is 0 Å². The van der Waals surface area contributed by atoms with Gasteiger partial charge in [0.2, 0.25) is 5.91 Å². The molecule has 0 fully saturated rings. The third-order valence-corrected chi connectivity index (χ3v) is 3.69. The summed E-state index contributed by atoms with van der Waals surface area (Å²) in [5.41, 5.74) is 0.402. The minimum absolute atomic E-state index is 0.148. The third kappa shape index (κ3) is 7.21. The van der Waals surface area contributed by atoms with Crippen molar-refractivity contribution in [2.75, 3.05) is 13.7 Å². The van der Waals surface area contributed by atoms with Crippen molar-refractivity contribution in [2.24, 2.45) is 0 Å². The Morgan fingerprint density at radius 1 is 1.29 bits per heavy atom. The minimum atomic E-state index is -0.553. The molecule has 0 saturated heterocycles. The second-order valence-electron chi connectivity index (χ2n) is 6.36. The van der Waals surface area contributed by atoms with Crippen molar-refractivity contribution >= 4 is 27.9 Å². The number of ether oxygens (including phenoxy) is 2. The van der Waals surface area contributed by atoms with Gasteiger partial charge in [0, 0.05) is 13.0 Å². The molecule has 0 bridgehead atoms. The minimum Gasteiger partial charge on any atom is -0.496 e. The predicted octanol–water partition coefficient (Wildman–Crippen LogP) is 3.55. The van der Waals surface area contributed by atoms with Crippen LogP contribution in [0.15, 0.2) is 22.7 Å². The smallest absolute Gasteiger partial charge is 0.407 e. The molecular formula is C17H25BrN2O4. The fourth-order valence-electron chi connectivity index (χ4n) is 1.94. The van der Waals surface area contributed by atoms with Crippen LogP contribution in [-0.4, -0.2) is 31.3 Å². The Hall–Kier alpha value is -1.76. The fraction of sp³-hybridized carbons (Fsp3) is 0.529. The van der Waals surface area contributed by atoms with Gasteiger partial charge >= 0.3 is 6.09 Å². The molecule has 134 valence electrons. The highest BCUT2D eigenvalue weighted by Gasteiger charge is 2.16. The molecule has 1 unspecified atom stereocenters. The summed E-state index contributed by atoms with van der Waals surface area (Å²) >= 11 is 3.42. The van der Waals surface area contributed by atoms with Crippen LogP contribution in [0.3, 0.4) is 0 Å². The van der Waals surface area contributed by atoms with Crippen LogP contribution in [0, 0.1) is 0 Å². The van der Waals surface area contributed by atoms with Gasteiger partial charge in [-0.2, -0.15) is 0 Å². The number of nitrogens with one attached hydrogen (secondary N) is 2. The maximum atomic E-state index is 12.0. The number of methoxy groups -OCH3 is 1. The summed E-state index contributed by atoms with van der Waals surface area (Å²) in [5, 5.41) is 5.45. The van der Waals surface area contributed by atoms with Crippen LogP contribution >= 0.6 is 15.9 Å².